The first-order chi connectivity index (χ1) is 8.72. The highest BCUT2D eigenvalue weighted by Gasteiger charge is 2.19. The summed E-state index contributed by atoms with van der Waals surface area (Å²) in [6.07, 6.45) is 0. The highest BCUT2D eigenvalue weighted by Crippen LogP contribution is 2.29. The Kier molecular flexibility index (Phi) is 3.84. The predicted octanol–water partition coefficient (Wildman–Crippen LogP) is 2.40. The maximum atomic E-state index is 11.5. The van der Waals surface area contributed by atoms with E-state index < -0.39 is 11.9 Å². The number of ether oxygens (including phenoxy) is 1. The van der Waals surface area contributed by atoms with Crippen LogP contribution in [0.15, 0.2) is 41.8 Å². The summed E-state index contributed by atoms with van der Waals surface area (Å²) in [5.74, 6) is 0.267. The Morgan fingerprint density at radius 1 is 1.33 bits per heavy atom. The Hall–Kier alpha value is -2.01. The monoisotopic (exact) mass is 262 g/mol. The molecule has 0 bridgehead atoms. The summed E-state index contributed by atoms with van der Waals surface area (Å²) in [4.78, 5) is 12.4. The molecule has 5 heteroatoms. The first-order valence-electron chi connectivity index (χ1n) is 5.44. The van der Waals surface area contributed by atoms with E-state index in [0.717, 1.165) is 10.6 Å². The number of hydrogen-bond donors (Lipinski definition) is 2. The number of benzene rings is 1. The normalized spacial score (nSPS) is 11.8. The fourth-order valence-corrected chi connectivity index (χ4v) is 2.44. The van der Waals surface area contributed by atoms with Crippen molar-refractivity contribution in [2.45, 2.75) is 6.04 Å². The first-order valence-corrected chi connectivity index (χ1v) is 6.32. The summed E-state index contributed by atoms with van der Waals surface area (Å²) in [6.45, 7) is 0. The van der Waals surface area contributed by atoms with Gasteiger partial charge in [0.2, 0.25) is 5.91 Å². The molecule has 0 saturated heterocycles. The zero-order valence-corrected chi connectivity index (χ0v) is 10.7. The Labute approximate surface area is 109 Å². The molecular formula is C13H14N2O2S. The molecule has 1 unspecified atom stereocenters. The van der Waals surface area contributed by atoms with Crippen LogP contribution in [0.4, 0.5) is 5.69 Å². The van der Waals surface area contributed by atoms with Crippen LogP contribution in [0.5, 0.6) is 5.75 Å². The summed E-state index contributed by atoms with van der Waals surface area (Å²) in [5, 5.41) is 5.02. The summed E-state index contributed by atoms with van der Waals surface area (Å²) < 4.78 is 5.23. The minimum Gasteiger partial charge on any atom is -0.495 e. The average Bonchev–Trinajstić information content (AvgIpc) is 2.89. The summed E-state index contributed by atoms with van der Waals surface area (Å²) in [7, 11) is 1.59. The van der Waals surface area contributed by atoms with Gasteiger partial charge in [-0.05, 0) is 23.6 Å². The standard InChI is InChI=1S/C13H14N2O2S/c1-17-10-6-3-2-5-9(10)15-12(13(14)16)11-7-4-8-18-11/h2-8,12,15H,1H3,(H2,14,16). The Morgan fingerprint density at radius 3 is 2.72 bits per heavy atom. The van der Waals surface area contributed by atoms with Crippen LogP contribution in [-0.4, -0.2) is 13.0 Å². The predicted molar refractivity (Wildman–Crippen MR) is 72.9 cm³/mol. The minimum absolute atomic E-state index is 0.414. The molecule has 4 nitrogen and oxygen atoms in total. The smallest absolute Gasteiger partial charge is 0.245 e. The maximum absolute atomic E-state index is 11.5. The number of para-hydroxylation sites is 2. The number of nitrogens with one attached hydrogen (secondary N) is 1. The third kappa shape index (κ3) is 2.62. The van der Waals surface area contributed by atoms with E-state index in [1.54, 1.807) is 7.11 Å². The molecule has 1 aromatic heterocycles. The molecule has 18 heavy (non-hydrogen) atoms. The summed E-state index contributed by atoms with van der Waals surface area (Å²) in [5.41, 5.74) is 6.18. The van der Waals surface area contributed by atoms with Gasteiger partial charge in [-0.3, -0.25) is 4.79 Å². The molecule has 2 aromatic rings. The number of carbonyl (C=O) groups is 1. The highest BCUT2D eigenvalue weighted by atomic mass is 32.1. The van der Waals surface area contributed by atoms with Gasteiger partial charge in [0.15, 0.2) is 0 Å². The second-order valence-corrected chi connectivity index (χ2v) is 4.67. The Bertz CT molecular complexity index is 526. The van der Waals surface area contributed by atoms with Gasteiger partial charge in [-0.15, -0.1) is 11.3 Å². The fraction of sp³-hybridized carbons (Fsp3) is 0.154. The molecule has 94 valence electrons. The topological polar surface area (TPSA) is 64.3 Å². The van der Waals surface area contributed by atoms with Gasteiger partial charge in [-0.25, -0.2) is 0 Å². The lowest BCUT2D eigenvalue weighted by atomic mass is 10.2. The molecule has 1 aromatic carbocycles. The van der Waals surface area contributed by atoms with Crippen LogP contribution in [0.1, 0.15) is 10.9 Å². The maximum Gasteiger partial charge on any atom is 0.245 e. The molecule has 1 heterocycles. The van der Waals surface area contributed by atoms with E-state index in [1.165, 1.54) is 11.3 Å². The summed E-state index contributed by atoms with van der Waals surface area (Å²) >= 11 is 1.49. The van der Waals surface area contributed by atoms with Gasteiger partial charge in [-0.2, -0.15) is 0 Å². The molecule has 0 aliphatic rings. The van der Waals surface area contributed by atoms with Gasteiger partial charge in [0.1, 0.15) is 11.8 Å². The van der Waals surface area contributed by atoms with E-state index in [-0.39, 0.29) is 0 Å². The largest absolute Gasteiger partial charge is 0.495 e. The SMILES string of the molecule is COc1ccccc1NC(C(N)=O)c1cccs1. The van der Waals surface area contributed by atoms with Crippen molar-refractivity contribution < 1.29 is 9.53 Å². The second kappa shape index (κ2) is 5.55. The molecule has 0 spiro atoms. The Morgan fingerprint density at radius 2 is 2.11 bits per heavy atom. The third-order valence-electron chi connectivity index (χ3n) is 2.52. The van der Waals surface area contributed by atoms with Gasteiger partial charge in [0.25, 0.3) is 0 Å². The van der Waals surface area contributed by atoms with Gasteiger partial charge < -0.3 is 15.8 Å². The van der Waals surface area contributed by atoms with Crippen LogP contribution in [0.2, 0.25) is 0 Å². The van der Waals surface area contributed by atoms with Crippen LogP contribution in [0.25, 0.3) is 0 Å². The number of hydrogen-bond acceptors (Lipinski definition) is 4. The Balaban J connectivity index is 2.27. The van der Waals surface area contributed by atoms with E-state index in [2.05, 4.69) is 5.32 Å². The molecule has 0 aliphatic carbocycles. The number of primary amides is 1. The van der Waals surface area contributed by atoms with Gasteiger partial charge in [0.05, 0.1) is 12.8 Å². The van der Waals surface area contributed by atoms with E-state index in [0.29, 0.717) is 5.75 Å². The molecule has 0 radical (unpaired) electrons. The second-order valence-electron chi connectivity index (χ2n) is 3.70. The first kappa shape index (κ1) is 12.4. The van der Waals surface area contributed by atoms with Crippen molar-refractivity contribution in [2.24, 2.45) is 5.73 Å². The number of rotatable bonds is 5. The van der Waals surface area contributed by atoms with Crippen LogP contribution >= 0.6 is 11.3 Å². The number of carbonyl (C=O) groups excluding carboxylic acids is 1. The minimum atomic E-state index is -0.540. The molecular weight excluding hydrogens is 248 g/mol. The number of amides is 1. The van der Waals surface area contributed by atoms with Crippen molar-refractivity contribution in [1.82, 2.24) is 0 Å². The lowest BCUT2D eigenvalue weighted by Crippen LogP contribution is -2.27. The number of thiophene rings is 1. The zero-order valence-electron chi connectivity index (χ0n) is 9.92. The van der Waals surface area contributed by atoms with E-state index in [1.807, 2.05) is 41.8 Å². The van der Waals surface area contributed by atoms with Crippen LogP contribution < -0.4 is 15.8 Å². The molecule has 2 rings (SSSR count). The molecule has 1 amide bonds. The average molecular weight is 262 g/mol. The van der Waals surface area contributed by atoms with Crippen molar-refractivity contribution in [3.8, 4) is 5.75 Å². The molecule has 0 saturated carbocycles. The zero-order chi connectivity index (χ0) is 13.0. The lowest BCUT2D eigenvalue weighted by Gasteiger charge is -2.17. The number of nitrogens with two attached hydrogens (primary N) is 1. The van der Waals surface area contributed by atoms with Crippen molar-refractivity contribution in [3.63, 3.8) is 0 Å². The van der Waals surface area contributed by atoms with Crippen LogP contribution in [0.3, 0.4) is 0 Å². The van der Waals surface area contributed by atoms with Gasteiger partial charge in [0, 0.05) is 4.88 Å². The fourth-order valence-electron chi connectivity index (χ4n) is 1.66. The third-order valence-corrected chi connectivity index (χ3v) is 3.46. The molecule has 1 atom stereocenters. The van der Waals surface area contributed by atoms with Gasteiger partial charge in [-0.1, -0.05) is 18.2 Å². The van der Waals surface area contributed by atoms with E-state index in [4.69, 9.17) is 10.5 Å². The quantitative estimate of drug-likeness (QED) is 0.869. The van der Waals surface area contributed by atoms with Crippen molar-refractivity contribution in [3.05, 3.63) is 46.7 Å². The number of methoxy groups -OCH3 is 1. The lowest BCUT2D eigenvalue weighted by molar-refractivity contribution is -0.118. The van der Waals surface area contributed by atoms with Crippen LogP contribution in [-0.2, 0) is 4.79 Å². The van der Waals surface area contributed by atoms with E-state index in [9.17, 15) is 4.79 Å². The van der Waals surface area contributed by atoms with Crippen molar-refractivity contribution in [2.75, 3.05) is 12.4 Å². The van der Waals surface area contributed by atoms with Crippen molar-refractivity contribution in [1.29, 1.82) is 0 Å². The molecule has 0 aliphatic heterocycles. The van der Waals surface area contributed by atoms with Crippen LogP contribution in [0, 0.1) is 0 Å². The molecule has 3 N–H and O–H groups in total. The van der Waals surface area contributed by atoms with Gasteiger partial charge >= 0.3 is 0 Å². The molecule has 0 fully saturated rings. The summed E-state index contributed by atoms with van der Waals surface area (Å²) in [6, 6.07) is 10.6. The van der Waals surface area contributed by atoms with Crippen molar-refractivity contribution >= 4 is 22.9 Å². The number of anilines is 1. The van der Waals surface area contributed by atoms with E-state index >= 15 is 0 Å². The highest BCUT2D eigenvalue weighted by molar-refractivity contribution is 7.10.